The Morgan fingerprint density at radius 2 is 0.896 bits per heavy atom. The number of rotatable bonds is 10. The normalized spacial score (nSPS) is 19.0. The summed E-state index contributed by atoms with van der Waals surface area (Å²) in [5.74, 6) is -4.76. The van der Waals surface area contributed by atoms with Crippen LogP contribution in [0.2, 0.25) is 0 Å². The predicted molar refractivity (Wildman–Crippen MR) is 148 cm³/mol. The van der Waals surface area contributed by atoms with Crippen molar-refractivity contribution in [2.75, 3.05) is 13.1 Å². The van der Waals surface area contributed by atoms with Crippen molar-refractivity contribution in [2.45, 2.75) is 22.6 Å². The first kappa shape index (κ1) is 44.0. The Balaban J connectivity index is 0.000000461. The summed E-state index contributed by atoms with van der Waals surface area (Å²) in [6.45, 7) is -1.19. The summed E-state index contributed by atoms with van der Waals surface area (Å²) in [5.41, 5.74) is -0.0693. The second kappa shape index (κ2) is 16.8. The van der Waals surface area contributed by atoms with Gasteiger partial charge in [0.15, 0.2) is 31.1 Å². The third-order valence-electron chi connectivity index (χ3n) is 6.23. The van der Waals surface area contributed by atoms with Crippen LogP contribution in [0, 0.1) is 0 Å². The molecule has 2 aliphatic heterocycles. The molecule has 4 unspecified atom stereocenters. The van der Waals surface area contributed by atoms with E-state index in [1.807, 2.05) is 10.6 Å². The Morgan fingerprint density at radius 1 is 0.625 bits per heavy atom. The minimum absolute atomic E-state index is 0. The van der Waals surface area contributed by atoms with Crippen LogP contribution in [-0.2, 0) is 60.0 Å². The maximum atomic E-state index is 12.0. The van der Waals surface area contributed by atoms with Gasteiger partial charge in [0.2, 0.25) is 11.8 Å². The molecule has 4 N–H and O–H groups in total. The molecule has 0 aliphatic carbocycles. The molecule has 48 heavy (non-hydrogen) atoms. The number of hydrogen-bond acceptors (Lipinski definition) is 14. The van der Waals surface area contributed by atoms with Gasteiger partial charge in [-0.15, -0.1) is 0 Å². The van der Waals surface area contributed by atoms with Crippen molar-refractivity contribution in [2.24, 2.45) is 0 Å². The van der Waals surface area contributed by atoms with Gasteiger partial charge >= 0.3 is 59.1 Å². The zero-order chi connectivity index (χ0) is 34.8. The van der Waals surface area contributed by atoms with E-state index in [1.54, 1.807) is 12.1 Å². The summed E-state index contributed by atoms with van der Waals surface area (Å²) in [7, 11) is -19.6. The van der Waals surface area contributed by atoms with Gasteiger partial charge in [-0.05, 0) is 11.1 Å². The average Bonchev–Trinajstić information content (AvgIpc) is 2.91. The Bertz CT molecular complexity index is 1820. The second-order valence-corrected chi connectivity index (χ2v) is 15.0. The van der Waals surface area contributed by atoms with Crippen LogP contribution in [0.25, 0.3) is 0 Å². The number of β-lactam (4-membered cyclic amide) rings is 2. The zero-order valence-corrected chi connectivity index (χ0v) is 31.9. The Labute approximate surface area is 318 Å². The monoisotopic (exact) mass is 772 g/mol. The van der Waals surface area contributed by atoms with Gasteiger partial charge in [0.1, 0.15) is 12.1 Å². The number of nitrogens with one attached hydrogen (secondary N) is 2. The first-order valence-corrected chi connectivity index (χ1v) is 17.9. The van der Waals surface area contributed by atoms with E-state index in [0.717, 1.165) is 0 Å². The van der Waals surface area contributed by atoms with E-state index in [2.05, 4.69) is 0 Å². The van der Waals surface area contributed by atoms with Crippen LogP contribution in [0.1, 0.15) is 21.6 Å². The van der Waals surface area contributed by atoms with Crippen LogP contribution < -0.4 is 69.7 Å². The van der Waals surface area contributed by atoms with Crippen LogP contribution in [0.4, 0.5) is 0 Å². The first-order valence-electron chi connectivity index (χ1n) is 12.2. The third kappa shape index (κ3) is 11.0. The van der Waals surface area contributed by atoms with E-state index < -0.39 is 100 Å². The van der Waals surface area contributed by atoms with Crippen molar-refractivity contribution in [1.82, 2.24) is 19.2 Å². The maximum absolute atomic E-state index is 12.0. The van der Waals surface area contributed by atoms with Crippen LogP contribution in [-0.4, -0.2) is 109 Å². The van der Waals surface area contributed by atoms with Gasteiger partial charge in [0, 0.05) is 0 Å². The van der Waals surface area contributed by atoms with Crippen molar-refractivity contribution in [3.8, 4) is 0 Å². The first-order chi connectivity index (χ1) is 21.0. The number of hydrogen-bond donors (Lipinski definition) is 4. The van der Waals surface area contributed by atoms with E-state index in [9.17, 15) is 71.1 Å². The van der Waals surface area contributed by atoms with E-state index in [4.69, 9.17) is 0 Å². The number of benzene rings is 2. The number of nitrogens with zero attached hydrogens (tertiary/aromatic N) is 2. The number of carbonyl (C=O) groups excluding carboxylic acids is 4. The van der Waals surface area contributed by atoms with Crippen molar-refractivity contribution < 1.29 is 130 Å². The molecule has 2 aromatic rings. The maximum Gasteiger partial charge on any atom is 1.00 e. The van der Waals surface area contributed by atoms with Crippen LogP contribution >= 0.6 is 0 Å². The SMILES string of the molecule is O=C(NC1CN(S(=O)(=O)[O-])C1=O)C(c1ccccc1)S(=O)(=O)O.O=C(NC1CN(S(=O)(=O)[O-])C1=O)C(c1ccccc1)S(=O)(=O)O.[Na+].[Na+]. The van der Waals surface area contributed by atoms with Gasteiger partial charge in [-0.3, -0.25) is 28.3 Å². The summed E-state index contributed by atoms with van der Waals surface area (Å²) >= 11 is 0. The Hall–Kier alpha value is -2.04. The Morgan fingerprint density at radius 3 is 1.10 bits per heavy atom. The van der Waals surface area contributed by atoms with Crippen LogP contribution in [0.15, 0.2) is 60.7 Å². The summed E-state index contributed by atoms with van der Waals surface area (Å²) in [5, 5.41) is 0.0466. The minimum atomic E-state index is -4.97. The zero-order valence-electron chi connectivity index (χ0n) is 24.6. The molecule has 4 rings (SSSR count). The summed E-state index contributed by atoms with van der Waals surface area (Å²) in [6.07, 6.45) is 0. The van der Waals surface area contributed by atoms with E-state index >= 15 is 0 Å². The molecule has 0 spiro atoms. The molecule has 26 heteroatoms. The van der Waals surface area contributed by atoms with Crippen molar-refractivity contribution in [1.29, 1.82) is 0 Å². The van der Waals surface area contributed by atoms with Gasteiger partial charge in [0.25, 0.3) is 32.1 Å². The molecule has 2 aliphatic rings. The molecule has 252 valence electrons. The quantitative estimate of drug-likeness (QED) is 0.0990. The van der Waals surface area contributed by atoms with Gasteiger partial charge in [-0.25, -0.2) is 25.4 Å². The molecule has 0 saturated carbocycles. The Kier molecular flexibility index (Phi) is 15.4. The summed E-state index contributed by atoms with van der Waals surface area (Å²) in [6, 6.07) is 11.4. The van der Waals surface area contributed by atoms with E-state index in [0.29, 0.717) is 0 Å². The van der Waals surface area contributed by atoms with Crippen LogP contribution in [0.3, 0.4) is 0 Å². The van der Waals surface area contributed by atoms with Gasteiger partial charge in [-0.2, -0.15) is 16.8 Å². The van der Waals surface area contributed by atoms with Gasteiger partial charge in [0.05, 0.1) is 13.1 Å². The topological polar surface area (TPSA) is 322 Å². The second-order valence-electron chi connectivity index (χ2n) is 9.39. The van der Waals surface area contributed by atoms with Crippen molar-refractivity contribution >= 4 is 64.5 Å². The average molecular weight is 773 g/mol. The number of amides is 4. The summed E-state index contributed by atoms with van der Waals surface area (Å²) in [4.78, 5) is 47.0. The molecule has 4 atom stereocenters. The van der Waals surface area contributed by atoms with Crippen molar-refractivity contribution in [3.05, 3.63) is 71.8 Å². The molecule has 4 amide bonds. The third-order valence-corrected chi connectivity index (χ3v) is 10.1. The smallest absolute Gasteiger partial charge is 0.731 e. The fourth-order valence-corrected chi connectivity index (χ4v) is 7.11. The van der Waals surface area contributed by atoms with E-state index in [-0.39, 0.29) is 78.9 Å². The predicted octanol–water partition coefficient (Wildman–Crippen LogP) is -9.19. The number of carbonyl (C=O) groups is 4. The molecule has 0 radical (unpaired) electrons. The minimum Gasteiger partial charge on any atom is -0.731 e. The van der Waals surface area contributed by atoms with Gasteiger partial charge < -0.3 is 19.7 Å². The van der Waals surface area contributed by atoms with Crippen molar-refractivity contribution in [3.63, 3.8) is 0 Å². The molecule has 2 heterocycles. The molecule has 0 bridgehead atoms. The standard InChI is InChI=1S/2C11H12N2O8S2.2Na/c2*14-10(12-8-6-13(11(8)15)23(19,20)21)9(22(16,17)18)7-4-2-1-3-5-7;;/h2*1-5,8-9H,6H2,(H,12,14)(H,16,17,18)(H,19,20,21);;/q;;2*+1/p-2. The van der Waals surface area contributed by atoms with Crippen LogP contribution in [0.5, 0.6) is 0 Å². The molecule has 2 fully saturated rings. The molecular weight excluding hydrogens is 751 g/mol. The molecule has 20 nitrogen and oxygen atoms in total. The summed E-state index contributed by atoms with van der Waals surface area (Å²) < 4.78 is 128. The fraction of sp³-hybridized carbons (Fsp3) is 0.273. The molecule has 0 aromatic heterocycles. The molecule has 2 saturated heterocycles. The fourth-order valence-electron chi connectivity index (χ4n) is 4.08. The largest absolute Gasteiger partial charge is 1.00 e. The molecule has 2 aromatic carbocycles. The van der Waals surface area contributed by atoms with Gasteiger partial charge in [-0.1, -0.05) is 60.7 Å². The van der Waals surface area contributed by atoms with E-state index in [1.165, 1.54) is 48.5 Å². The molecular formula is C22H22N4Na2O16S4.